The number of aryl methyl sites for hydroxylation is 1. The largest absolute Gasteiger partial charge is 0.384 e. The number of hydrogen-bond acceptors (Lipinski definition) is 2. The van der Waals surface area contributed by atoms with Crippen molar-refractivity contribution in [2.24, 2.45) is 5.73 Å². The van der Waals surface area contributed by atoms with Gasteiger partial charge in [-0.15, -0.1) is 0 Å². The van der Waals surface area contributed by atoms with Crippen LogP contribution in [0.3, 0.4) is 0 Å². The van der Waals surface area contributed by atoms with Gasteiger partial charge in [0.15, 0.2) is 0 Å². The van der Waals surface area contributed by atoms with Crippen LogP contribution in [0.15, 0.2) is 42.5 Å². The smallest absolute Gasteiger partial charge is 0.124 e. The van der Waals surface area contributed by atoms with Crippen molar-refractivity contribution >= 4 is 11.5 Å². The Hall–Kier alpha value is -2.36. The molecule has 0 aromatic heterocycles. The fraction of sp³-hybridized carbons (Fsp3) is 0.188. The van der Waals surface area contributed by atoms with E-state index in [-0.39, 0.29) is 11.7 Å². The lowest BCUT2D eigenvalue weighted by atomic mass is 10.1. The molecule has 4 heteroatoms. The van der Waals surface area contributed by atoms with Gasteiger partial charge in [-0.1, -0.05) is 18.2 Å². The zero-order valence-electron chi connectivity index (χ0n) is 11.7. The predicted molar refractivity (Wildman–Crippen MR) is 80.7 cm³/mol. The van der Waals surface area contributed by atoms with Gasteiger partial charge in [-0.05, 0) is 42.3 Å². The van der Waals surface area contributed by atoms with Crippen molar-refractivity contribution < 1.29 is 4.39 Å². The predicted octanol–water partition coefficient (Wildman–Crippen LogP) is 3.05. The number of hydrogen-bond donors (Lipinski definition) is 2. The first-order chi connectivity index (χ1) is 9.47. The summed E-state index contributed by atoms with van der Waals surface area (Å²) in [5.74, 6) is -0.192. The quantitative estimate of drug-likeness (QED) is 0.663. The summed E-state index contributed by atoms with van der Waals surface area (Å²) in [6.45, 7) is 2.63. The Morgan fingerprint density at radius 2 is 1.85 bits per heavy atom. The van der Waals surface area contributed by atoms with Crippen LogP contribution in [-0.4, -0.2) is 12.9 Å². The first kappa shape index (κ1) is 14.1. The van der Waals surface area contributed by atoms with Crippen LogP contribution in [0.25, 0.3) is 0 Å². The van der Waals surface area contributed by atoms with E-state index in [0.717, 1.165) is 16.8 Å². The average molecular weight is 271 g/mol. The summed E-state index contributed by atoms with van der Waals surface area (Å²) in [5.41, 5.74) is 9.35. The maximum absolute atomic E-state index is 12.9. The van der Waals surface area contributed by atoms with Gasteiger partial charge >= 0.3 is 0 Å². The molecule has 0 atom stereocenters. The molecule has 0 saturated carbocycles. The number of nitrogens with one attached hydrogen (secondary N) is 1. The monoisotopic (exact) mass is 271 g/mol. The second-order valence-corrected chi connectivity index (χ2v) is 4.92. The van der Waals surface area contributed by atoms with E-state index in [4.69, 9.17) is 11.1 Å². The number of nitrogen functional groups attached to an aromatic ring is 1. The highest BCUT2D eigenvalue weighted by Gasteiger charge is 2.10. The molecule has 0 saturated heterocycles. The van der Waals surface area contributed by atoms with Crippen molar-refractivity contribution in [3.05, 3.63) is 65.0 Å². The average Bonchev–Trinajstić information content (AvgIpc) is 2.41. The zero-order chi connectivity index (χ0) is 14.7. The van der Waals surface area contributed by atoms with Crippen LogP contribution < -0.4 is 10.6 Å². The number of nitrogens with zero attached hydrogens (tertiary/aromatic N) is 1. The van der Waals surface area contributed by atoms with E-state index in [1.165, 1.54) is 12.1 Å². The fourth-order valence-corrected chi connectivity index (χ4v) is 2.13. The molecule has 0 fully saturated rings. The molecule has 0 aliphatic heterocycles. The van der Waals surface area contributed by atoms with Gasteiger partial charge in [0, 0.05) is 24.8 Å². The number of nitrogens with two attached hydrogens (primary N) is 1. The van der Waals surface area contributed by atoms with Gasteiger partial charge in [0.25, 0.3) is 0 Å². The summed E-state index contributed by atoms with van der Waals surface area (Å²) in [4.78, 5) is 2.01. The number of rotatable bonds is 4. The van der Waals surface area contributed by atoms with E-state index < -0.39 is 0 Å². The topological polar surface area (TPSA) is 53.1 Å². The SMILES string of the molecule is Cc1ccc(C(=N)N)c(N(C)Cc2ccc(F)cc2)c1. The third-order valence-electron chi connectivity index (χ3n) is 3.19. The van der Waals surface area contributed by atoms with E-state index in [0.29, 0.717) is 12.1 Å². The Balaban J connectivity index is 2.28. The molecule has 3 N–H and O–H groups in total. The third-order valence-corrected chi connectivity index (χ3v) is 3.19. The van der Waals surface area contributed by atoms with Crippen LogP contribution in [0, 0.1) is 18.2 Å². The molecule has 0 spiro atoms. The summed E-state index contributed by atoms with van der Waals surface area (Å²) in [6.07, 6.45) is 0. The molecule has 0 amide bonds. The first-order valence-electron chi connectivity index (χ1n) is 6.38. The highest BCUT2D eigenvalue weighted by molar-refractivity contribution is 6.00. The maximum Gasteiger partial charge on any atom is 0.124 e. The van der Waals surface area contributed by atoms with Crippen LogP contribution in [0.4, 0.5) is 10.1 Å². The van der Waals surface area contributed by atoms with Gasteiger partial charge in [-0.2, -0.15) is 0 Å². The van der Waals surface area contributed by atoms with Crippen LogP contribution in [0.1, 0.15) is 16.7 Å². The normalized spacial score (nSPS) is 10.3. The Morgan fingerprint density at radius 1 is 1.20 bits per heavy atom. The molecule has 3 nitrogen and oxygen atoms in total. The van der Waals surface area contributed by atoms with Crippen molar-refractivity contribution in [3.63, 3.8) is 0 Å². The molecule has 0 unspecified atom stereocenters. The lowest BCUT2D eigenvalue weighted by molar-refractivity contribution is 0.627. The molecule has 0 aliphatic carbocycles. The van der Waals surface area contributed by atoms with E-state index in [1.807, 2.05) is 37.1 Å². The highest BCUT2D eigenvalue weighted by Crippen LogP contribution is 2.22. The van der Waals surface area contributed by atoms with Gasteiger partial charge in [-0.3, -0.25) is 5.41 Å². The van der Waals surface area contributed by atoms with Gasteiger partial charge in [0.1, 0.15) is 11.7 Å². The zero-order valence-corrected chi connectivity index (χ0v) is 11.7. The molecule has 104 valence electrons. The molecule has 20 heavy (non-hydrogen) atoms. The molecule has 0 bridgehead atoms. The molecule has 2 aromatic rings. The molecule has 0 aliphatic rings. The first-order valence-corrected chi connectivity index (χ1v) is 6.38. The van der Waals surface area contributed by atoms with Crippen molar-refractivity contribution in [3.8, 4) is 0 Å². The molecule has 2 rings (SSSR count). The Bertz CT molecular complexity index is 620. The van der Waals surface area contributed by atoms with Gasteiger partial charge < -0.3 is 10.6 Å². The van der Waals surface area contributed by atoms with Gasteiger partial charge in [-0.25, -0.2) is 4.39 Å². The minimum absolute atomic E-state index is 0.0472. The van der Waals surface area contributed by atoms with Crippen LogP contribution >= 0.6 is 0 Å². The second kappa shape index (κ2) is 5.74. The molecule has 0 radical (unpaired) electrons. The van der Waals surface area contributed by atoms with E-state index >= 15 is 0 Å². The van der Waals surface area contributed by atoms with Crippen molar-refractivity contribution in [1.29, 1.82) is 5.41 Å². The number of benzene rings is 2. The van der Waals surface area contributed by atoms with Crippen LogP contribution in [0.2, 0.25) is 0 Å². The summed E-state index contributed by atoms with van der Waals surface area (Å²) in [5, 5.41) is 7.65. The number of anilines is 1. The molecule has 0 heterocycles. The highest BCUT2D eigenvalue weighted by atomic mass is 19.1. The van der Waals surface area contributed by atoms with Gasteiger partial charge in [0.2, 0.25) is 0 Å². The Morgan fingerprint density at radius 3 is 2.45 bits per heavy atom. The maximum atomic E-state index is 12.9. The number of amidine groups is 1. The standard InChI is InChI=1S/C16H18FN3/c1-11-3-8-14(16(18)19)15(9-11)20(2)10-12-4-6-13(17)7-5-12/h3-9H,10H2,1-2H3,(H3,18,19). The number of halogens is 1. The second-order valence-electron chi connectivity index (χ2n) is 4.92. The Kier molecular flexibility index (Phi) is 4.03. The van der Waals surface area contributed by atoms with Crippen molar-refractivity contribution in [2.45, 2.75) is 13.5 Å². The summed E-state index contributed by atoms with van der Waals surface area (Å²) in [7, 11) is 1.94. The van der Waals surface area contributed by atoms with E-state index in [2.05, 4.69) is 0 Å². The molecular weight excluding hydrogens is 253 g/mol. The van der Waals surface area contributed by atoms with Crippen LogP contribution in [0.5, 0.6) is 0 Å². The van der Waals surface area contributed by atoms with Crippen molar-refractivity contribution in [2.75, 3.05) is 11.9 Å². The third kappa shape index (κ3) is 3.15. The van der Waals surface area contributed by atoms with E-state index in [1.54, 1.807) is 12.1 Å². The minimum Gasteiger partial charge on any atom is -0.384 e. The van der Waals surface area contributed by atoms with Crippen molar-refractivity contribution in [1.82, 2.24) is 0 Å². The summed E-state index contributed by atoms with van der Waals surface area (Å²) >= 11 is 0. The van der Waals surface area contributed by atoms with Gasteiger partial charge in [0.05, 0.1) is 0 Å². The minimum atomic E-state index is -0.239. The fourth-order valence-electron chi connectivity index (χ4n) is 2.13. The molecule has 2 aromatic carbocycles. The Labute approximate surface area is 118 Å². The summed E-state index contributed by atoms with van der Waals surface area (Å²) in [6, 6.07) is 12.2. The summed E-state index contributed by atoms with van der Waals surface area (Å²) < 4.78 is 12.9. The lowest BCUT2D eigenvalue weighted by Crippen LogP contribution is -2.22. The lowest BCUT2D eigenvalue weighted by Gasteiger charge is -2.23. The molecular formula is C16H18FN3. The van der Waals surface area contributed by atoms with E-state index in [9.17, 15) is 4.39 Å². The van der Waals surface area contributed by atoms with Crippen LogP contribution in [-0.2, 0) is 6.54 Å².